The fraction of sp³-hybridized carbons (Fsp3) is 0.324. The lowest BCUT2D eigenvalue weighted by molar-refractivity contribution is -0.126. The number of rotatable bonds is 7. The standard InChI is InChI=1S/C34H38B2F2N6O2/c1-7-27(45)42-13-14-43(20(6)17-42)32-23-16-25(38)30(28-21(15-26(35)36)9-8-10-24(28)37)40-33(23)44(34(46)41-32)31-22(18(2)3)11-12-39-29(31)19(4)5/h7-12,15-16,18-20H,1,13-14,17,35-36H2,2-6H3/t20-/m0/s1. The lowest BCUT2D eigenvalue weighted by atomic mass is 9.77. The maximum absolute atomic E-state index is 16.4. The maximum Gasteiger partial charge on any atom is 0.355 e. The summed E-state index contributed by atoms with van der Waals surface area (Å²) in [6.45, 7) is 14.6. The first-order valence-corrected chi connectivity index (χ1v) is 15.6. The molecule has 1 aliphatic rings. The molecule has 1 fully saturated rings. The summed E-state index contributed by atoms with van der Waals surface area (Å²) in [6, 6.07) is 7.46. The zero-order valence-electron chi connectivity index (χ0n) is 27.4. The zero-order chi connectivity index (χ0) is 33.4. The quantitative estimate of drug-likeness (QED) is 0.228. The van der Waals surface area contributed by atoms with Crippen LogP contribution in [0.25, 0.3) is 34.1 Å². The van der Waals surface area contributed by atoms with E-state index in [-0.39, 0.29) is 46.5 Å². The van der Waals surface area contributed by atoms with Gasteiger partial charge in [0.25, 0.3) is 0 Å². The number of benzene rings is 1. The molecule has 8 nitrogen and oxygen atoms in total. The van der Waals surface area contributed by atoms with Crippen molar-refractivity contribution >= 4 is 44.5 Å². The molecule has 12 heteroatoms. The van der Waals surface area contributed by atoms with E-state index >= 15 is 8.78 Å². The van der Waals surface area contributed by atoms with Crippen LogP contribution in [0, 0.1) is 11.6 Å². The summed E-state index contributed by atoms with van der Waals surface area (Å²) in [5.74, 6) is -1.38. The van der Waals surface area contributed by atoms with Gasteiger partial charge in [0.15, 0.2) is 11.5 Å². The Bertz CT molecular complexity index is 1910. The minimum Gasteiger partial charge on any atom is -0.350 e. The van der Waals surface area contributed by atoms with E-state index in [4.69, 9.17) is 4.98 Å². The van der Waals surface area contributed by atoms with Crippen LogP contribution in [0.5, 0.6) is 0 Å². The van der Waals surface area contributed by atoms with Crippen LogP contribution in [-0.2, 0) is 4.79 Å². The number of amides is 1. The predicted octanol–water partition coefficient (Wildman–Crippen LogP) is 4.16. The van der Waals surface area contributed by atoms with Crippen LogP contribution < -0.4 is 10.6 Å². The third-order valence-corrected chi connectivity index (χ3v) is 8.29. The highest BCUT2D eigenvalue weighted by atomic mass is 19.1. The van der Waals surface area contributed by atoms with Crippen molar-refractivity contribution in [3.8, 4) is 16.9 Å². The van der Waals surface area contributed by atoms with Gasteiger partial charge in [0.2, 0.25) is 5.91 Å². The zero-order valence-corrected chi connectivity index (χ0v) is 27.4. The number of nitrogens with zero attached hydrogens (tertiary/aromatic N) is 6. The molecule has 0 N–H and O–H groups in total. The molecule has 4 aromatic rings. The van der Waals surface area contributed by atoms with Gasteiger partial charge in [0.05, 0.1) is 16.8 Å². The van der Waals surface area contributed by atoms with Gasteiger partial charge in [-0.15, -0.1) is 5.37 Å². The van der Waals surface area contributed by atoms with E-state index < -0.39 is 17.3 Å². The minimum atomic E-state index is -0.748. The molecule has 46 heavy (non-hydrogen) atoms. The van der Waals surface area contributed by atoms with Crippen molar-refractivity contribution in [2.75, 3.05) is 24.5 Å². The molecule has 3 aromatic heterocycles. The Labute approximate surface area is 269 Å². The van der Waals surface area contributed by atoms with Crippen LogP contribution in [0.2, 0.25) is 0 Å². The summed E-state index contributed by atoms with van der Waals surface area (Å²) in [5.41, 5.74) is 1.86. The van der Waals surface area contributed by atoms with Gasteiger partial charge in [0, 0.05) is 37.4 Å². The molecule has 0 radical (unpaired) electrons. The number of carbonyl (C=O) groups excluding carboxylic acids is 1. The van der Waals surface area contributed by atoms with Crippen LogP contribution in [0.3, 0.4) is 0 Å². The molecular formula is C34H38B2F2N6O2. The van der Waals surface area contributed by atoms with Gasteiger partial charge in [-0.3, -0.25) is 9.78 Å². The van der Waals surface area contributed by atoms with Crippen LogP contribution in [0.1, 0.15) is 63.3 Å². The number of halogens is 2. The van der Waals surface area contributed by atoms with Crippen molar-refractivity contribution in [1.82, 2.24) is 24.4 Å². The summed E-state index contributed by atoms with van der Waals surface area (Å²) in [7, 11) is 3.75. The summed E-state index contributed by atoms with van der Waals surface area (Å²) >= 11 is 0. The SMILES string of the molecule is BC(B)=Cc1cccc(F)c1-c1nc2c(cc1F)c(N1CCN(C(=O)C=C)C[C@@H]1C)nc(=O)n2-c1c(C(C)C)ccnc1C(C)C. The molecule has 1 amide bonds. The van der Waals surface area contributed by atoms with Crippen LogP contribution in [0.15, 0.2) is 59.3 Å². The Morgan fingerprint density at radius 2 is 1.80 bits per heavy atom. The second kappa shape index (κ2) is 13.0. The molecular weight excluding hydrogens is 584 g/mol. The summed E-state index contributed by atoms with van der Waals surface area (Å²) < 4.78 is 33.3. The molecule has 1 aliphatic heterocycles. The lowest BCUT2D eigenvalue weighted by Crippen LogP contribution is -2.54. The van der Waals surface area contributed by atoms with Gasteiger partial charge in [0.1, 0.15) is 33.0 Å². The van der Waals surface area contributed by atoms with Gasteiger partial charge in [-0.1, -0.05) is 52.5 Å². The van der Waals surface area contributed by atoms with E-state index in [1.165, 1.54) is 22.8 Å². The van der Waals surface area contributed by atoms with Crippen LogP contribution >= 0.6 is 0 Å². The molecule has 236 valence electrons. The number of hydrogen-bond donors (Lipinski definition) is 0. The Hall–Kier alpha value is -4.60. The Kier molecular flexibility index (Phi) is 9.28. The third kappa shape index (κ3) is 6.00. The molecule has 1 atom stereocenters. The smallest absolute Gasteiger partial charge is 0.350 e. The average Bonchev–Trinajstić information content (AvgIpc) is 3.00. The second-order valence-electron chi connectivity index (χ2n) is 12.6. The van der Waals surface area contributed by atoms with Crippen LogP contribution in [-0.4, -0.2) is 71.7 Å². The average molecular weight is 622 g/mol. The summed E-state index contributed by atoms with van der Waals surface area (Å²) in [6.07, 6.45) is 4.77. The number of pyridine rings is 2. The largest absolute Gasteiger partial charge is 0.355 e. The Balaban J connectivity index is 1.89. The lowest BCUT2D eigenvalue weighted by Gasteiger charge is -2.40. The van der Waals surface area contributed by atoms with E-state index in [1.807, 2.05) is 61.3 Å². The molecule has 0 bridgehead atoms. The molecule has 1 aromatic carbocycles. The molecule has 1 saturated heterocycles. The first-order chi connectivity index (χ1) is 21.8. The predicted molar refractivity (Wildman–Crippen MR) is 185 cm³/mol. The Morgan fingerprint density at radius 3 is 2.43 bits per heavy atom. The highest BCUT2D eigenvalue weighted by molar-refractivity contribution is 6.50. The van der Waals surface area contributed by atoms with Gasteiger partial charge in [-0.2, -0.15) is 4.98 Å². The van der Waals surface area contributed by atoms with Gasteiger partial charge < -0.3 is 9.80 Å². The Morgan fingerprint density at radius 1 is 1.07 bits per heavy atom. The van der Waals surface area contributed by atoms with E-state index in [9.17, 15) is 9.59 Å². The fourth-order valence-electron chi connectivity index (χ4n) is 6.14. The summed E-state index contributed by atoms with van der Waals surface area (Å²) in [5, 5.41) is 1.20. The van der Waals surface area contributed by atoms with Gasteiger partial charge >= 0.3 is 5.69 Å². The number of hydrogen-bond acceptors (Lipinski definition) is 6. The number of anilines is 1. The molecule has 0 unspecified atom stereocenters. The van der Waals surface area contributed by atoms with Gasteiger partial charge in [-0.25, -0.2) is 23.1 Å². The molecule has 4 heterocycles. The number of fused-ring (bicyclic) bond motifs is 1. The van der Waals surface area contributed by atoms with Crippen LogP contribution in [0.4, 0.5) is 14.6 Å². The van der Waals surface area contributed by atoms with Crippen molar-refractivity contribution in [1.29, 1.82) is 0 Å². The fourth-order valence-corrected chi connectivity index (χ4v) is 6.14. The first-order valence-electron chi connectivity index (χ1n) is 15.6. The van der Waals surface area contributed by atoms with Crippen molar-refractivity contribution in [3.63, 3.8) is 0 Å². The third-order valence-electron chi connectivity index (χ3n) is 8.29. The summed E-state index contributed by atoms with van der Waals surface area (Å²) in [4.78, 5) is 44.2. The maximum atomic E-state index is 16.4. The highest BCUT2D eigenvalue weighted by Crippen LogP contribution is 2.36. The minimum absolute atomic E-state index is 0.00313. The normalized spacial score (nSPS) is 15.1. The molecule has 0 spiro atoms. The van der Waals surface area contributed by atoms with Crippen molar-refractivity contribution in [2.45, 2.75) is 52.5 Å². The molecule has 0 saturated carbocycles. The molecule has 0 aliphatic carbocycles. The van der Waals surface area contributed by atoms with Crippen molar-refractivity contribution in [2.24, 2.45) is 0 Å². The molecule has 5 rings (SSSR count). The topological polar surface area (TPSA) is 84.2 Å². The van der Waals surface area contributed by atoms with E-state index in [2.05, 4.69) is 16.5 Å². The second-order valence-corrected chi connectivity index (χ2v) is 12.6. The van der Waals surface area contributed by atoms with E-state index in [1.54, 1.807) is 29.3 Å². The van der Waals surface area contributed by atoms with Gasteiger partial charge in [-0.05, 0) is 54.2 Å². The number of carbonyl (C=O) groups is 1. The van der Waals surface area contributed by atoms with Crippen molar-refractivity contribution < 1.29 is 13.6 Å². The monoisotopic (exact) mass is 622 g/mol. The highest BCUT2D eigenvalue weighted by Gasteiger charge is 2.31. The number of aromatic nitrogens is 4. The van der Waals surface area contributed by atoms with E-state index in [0.29, 0.717) is 42.0 Å². The first kappa shape index (κ1) is 32.8. The van der Waals surface area contributed by atoms with Crippen molar-refractivity contribution in [3.05, 3.63) is 93.5 Å². The van der Waals surface area contributed by atoms with E-state index in [0.717, 1.165) is 10.9 Å². The number of piperazine rings is 1.